The molecule has 5 rings (SSSR count). The third-order valence-corrected chi connectivity index (χ3v) is 4.94. The Balaban J connectivity index is 1.41. The largest absolute Gasteiger partial charge is 0.328 e. The fourth-order valence-corrected chi connectivity index (χ4v) is 3.49. The number of pyridine rings is 1. The number of halogens is 1. The van der Waals surface area contributed by atoms with E-state index in [-0.39, 0.29) is 18.3 Å². The molecule has 0 fully saturated rings. The van der Waals surface area contributed by atoms with Crippen molar-refractivity contribution in [3.8, 4) is 11.1 Å². The van der Waals surface area contributed by atoms with E-state index in [0.29, 0.717) is 17.7 Å². The van der Waals surface area contributed by atoms with Gasteiger partial charge in [-0.3, -0.25) is 14.9 Å². The van der Waals surface area contributed by atoms with Crippen molar-refractivity contribution in [2.24, 2.45) is 0 Å². The Morgan fingerprint density at radius 1 is 1.11 bits per heavy atom. The van der Waals surface area contributed by atoms with Crippen molar-refractivity contribution in [3.05, 3.63) is 83.6 Å². The van der Waals surface area contributed by atoms with Crippen molar-refractivity contribution >= 4 is 16.8 Å². The number of benzene rings is 2. The maximum atomic E-state index is 14.7. The molecule has 1 aliphatic rings. The van der Waals surface area contributed by atoms with E-state index < -0.39 is 0 Å². The summed E-state index contributed by atoms with van der Waals surface area (Å²) in [5.74, 6) is -0.430. The molecule has 0 spiro atoms. The number of amides is 1. The van der Waals surface area contributed by atoms with Gasteiger partial charge in [-0.2, -0.15) is 5.10 Å². The van der Waals surface area contributed by atoms with Crippen LogP contribution in [0, 0.1) is 5.82 Å². The van der Waals surface area contributed by atoms with Gasteiger partial charge in [-0.25, -0.2) is 4.39 Å². The third kappa shape index (κ3) is 2.66. The van der Waals surface area contributed by atoms with Crippen molar-refractivity contribution in [2.75, 3.05) is 0 Å². The van der Waals surface area contributed by atoms with Crippen LogP contribution in [0.4, 0.5) is 4.39 Å². The van der Waals surface area contributed by atoms with Crippen LogP contribution in [0.25, 0.3) is 22.0 Å². The molecule has 0 radical (unpaired) electrons. The van der Waals surface area contributed by atoms with Crippen LogP contribution in [0.5, 0.6) is 0 Å². The Hall–Kier alpha value is -3.54. The van der Waals surface area contributed by atoms with Crippen LogP contribution >= 0.6 is 0 Å². The lowest BCUT2D eigenvalue weighted by atomic mass is 10.0. The van der Waals surface area contributed by atoms with Gasteiger partial charge in [0.2, 0.25) is 0 Å². The first-order valence-electron chi connectivity index (χ1n) is 8.64. The zero-order valence-electron chi connectivity index (χ0n) is 14.3. The van der Waals surface area contributed by atoms with E-state index in [2.05, 4.69) is 15.2 Å². The maximum absolute atomic E-state index is 14.7. The lowest BCUT2D eigenvalue weighted by Crippen LogP contribution is -2.23. The molecule has 1 amide bonds. The predicted molar refractivity (Wildman–Crippen MR) is 99.3 cm³/mol. The number of nitrogens with one attached hydrogen (secondary N) is 1. The third-order valence-electron chi connectivity index (χ3n) is 4.94. The van der Waals surface area contributed by atoms with Gasteiger partial charge in [0.05, 0.1) is 29.5 Å². The molecule has 0 atom stereocenters. The number of aromatic nitrogens is 3. The van der Waals surface area contributed by atoms with E-state index in [9.17, 15) is 9.18 Å². The average Bonchev–Trinajstić information content (AvgIpc) is 3.28. The van der Waals surface area contributed by atoms with Gasteiger partial charge >= 0.3 is 0 Å². The van der Waals surface area contributed by atoms with Crippen LogP contribution in [0.15, 0.2) is 60.9 Å². The number of aromatic amines is 1. The first kappa shape index (κ1) is 15.7. The fourth-order valence-electron chi connectivity index (χ4n) is 3.49. The highest BCUT2D eigenvalue weighted by molar-refractivity contribution is 5.97. The minimum atomic E-state index is -0.325. The molecule has 0 bridgehead atoms. The lowest BCUT2D eigenvalue weighted by molar-refractivity contribution is 0.0765. The fraction of sp³-hybridized carbons (Fsp3) is 0.0952. The van der Waals surface area contributed by atoms with Crippen molar-refractivity contribution < 1.29 is 9.18 Å². The summed E-state index contributed by atoms with van der Waals surface area (Å²) in [7, 11) is 0. The topological polar surface area (TPSA) is 61.9 Å². The Labute approximate surface area is 154 Å². The van der Waals surface area contributed by atoms with Gasteiger partial charge in [-0.05, 0) is 35.4 Å². The molecule has 132 valence electrons. The molecule has 0 unspecified atom stereocenters. The number of hydrogen-bond donors (Lipinski definition) is 1. The molecule has 5 nitrogen and oxygen atoms in total. The molecular weight excluding hydrogens is 343 g/mol. The number of H-pyrrole nitrogens is 1. The number of rotatable bonds is 3. The second-order valence-electron chi connectivity index (χ2n) is 6.64. The Bertz CT molecular complexity index is 1180. The van der Waals surface area contributed by atoms with Gasteiger partial charge in [-0.15, -0.1) is 0 Å². The lowest BCUT2D eigenvalue weighted by Gasteiger charge is -2.16. The average molecular weight is 358 g/mol. The summed E-state index contributed by atoms with van der Waals surface area (Å²) in [6, 6.07) is 14.5. The van der Waals surface area contributed by atoms with Crippen LogP contribution in [0.1, 0.15) is 21.6 Å². The van der Waals surface area contributed by atoms with Crippen LogP contribution in [-0.4, -0.2) is 26.0 Å². The van der Waals surface area contributed by atoms with Crippen LogP contribution in [0.2, 0.25) is 0 Å². The van der Waals surface area contributed by atoms with E-state index in [0.717, 1.165) is 27.7 Å². The van der Waals surface area contributed by atoms with Crippen molar-refractivity contribution in [1.29, 1.82) is 0 Å². The summed E-state index contributed by atoms with van der Waals surface area (Å²) in [6.07, 6.45) is 3.42. The van der Waals surface area contributed by atoms with Gasteiger partial charge in [0.25, 0.3) is 5.91 Å². The molecule has 0 saturated heterocycles. The summed E-state index contributed by atoms with van der Waals surface area (Å²) < 4.78 is 14.7. The Morgan fingerprint density at radius 3 is 2.81 bits per heavy atom. The predicted octanol–water partition coefficient (Wildman–Crippen LogP) is 3.92. The molecule has 0 aliphatic carbocycles. The van der Waals surface area contributed by atoms with Crippen LogP contribution < -0.4 is 0 Å². The quantitative estimate of drug-likeness (QED) is 0.604. The minimum Gasteiger partial charge on any atom is -0.328 e. The highest BCUT2D eigenvalue weighted by atomic mass is 19.1. The number of nitrogens with zero attached hydrogens (tertiary/aromatic N) is 3. The second-order valence-corrected chi connectivity index (χ2v) is 6.64. The van der Waals surface area contributed by atoms with E-state index in [1.54, 1.807) is 35.5 Å². The molecular formula is C21H15FN4O. The van der Waals surface area contributed by atoms with E-state index in [4.69, 9.17) is 0 Å². The van der Waals surface area contributed by atoms with Crippen molar-refractivity contribution in [3.63, 3.8) is 0 Å². The number of carbonyl (C=O) groups excluding carboxylic acids is 1. The Kier molecular flexibility index (Phi) is 3.50. The van der Waals surface area contributed by atoms with Crippen LogP contribution in [0.3, 0.4) is 0 Å². The Morgan fingerprint density at radius 2 is 1.96 bits per heavy atom. The number of carbonyl (C=O) groups is 1. The highest BCUT2D eigenvalue weighted by Gasteiger charge is 2.28. The highest BCUT2D eigenvalue weighted by Crippen LogP contribution is 2.27. The molecule has 6 heteroatoms. The molecule has 2 aromatic heterocycles. The maximum Gasteiger partial charge on any atom is 0.256 e. The molecule has 1 aliphatic heterocycles. The summed E-state index contributed by atoms with van der Waals surface area (Å²) in [4.78, 5) is 18.3. The summed E-state index contributed by atoms with van der Waals surface area (Å²) in [6.45, 7) is 0.633. The van der Waals surface area contributed by atoms with E-state index in [1.807, 2.05) is 24.3 Å². The van der Waals surface area contributed by atoms with Gasteiger partial charge in [0.1, 0.15) is 5.82 Å². The van der Waals surface area contributed by atoms with Gasteiger partial charge in [0.15, 0.2) is 0 Å². The molecule has 0 saturated carbocycles. The standard InChI is InChI=1S/C21H15FN4O/c22-18-8-13(14-3-5-15-10-24-25-19(15)9-14)4-6-16(18)11-26-12-20-17(21(26)27)2-1-7-23-20/h1-10H,11-12H2,(H,24,25). The summed E-state index contributed by atoms with van der Waals surface area (Å²) in [5.41, 5.74) is 4.43. The molecule has 27 heavy (non-hydrogen) atoms. The zero-order chi connectivity index (χ0) is 18.4. The number of hydrogen-bond acceptors (Lipinski definition) is 3. The molecule has 1 N–H and O–H groups in total. The normalized spacial score (nSPS) is 13.4. The second kappa shape index (κ2) is 6.02. The zero-order valence-corrected chi connectivity index (χ0v) is 14.3. The minimum absolute atomic E-state index is 0.105. The molecule has 2 aromatic carbocycles. The van der Waals surface area contributed by atoms with Crippen molar-refractivity contribution in [2.45, 2.75) is 13.1 Å². The molecule has 3 heterocycles. The monoisotopic (exact) mass is 358 g/mol. The first-order valence-corrected chi connectivity index (χ1v) is 8.64. The van der Waals surface area contributed by atoms with Gasteiger partial charge in [0, 0.05) is 23.7 Å². The smallest absolute Gasteiger partial charge is 0.256 e. The molecule has 4 aromatic rings. The number of fused-ring (bicyclic) bond motifs is 2. The van der Waals surface area contributed by atoms with Crippen molar-refractivity contribution in [1.82, 2.24) is 20.1 Å². The van der Waals surface area contributed by atoms with E-state index in [1.165, 1.54) is 6.07 Å². The van der Waals surface area contributed by atoms with Crippen LogP contribution in [-0.2, 0) is 13.1 Å². The van der Waals surface area contributed by atoms with Gasteiger partial charge in [-0.1, -0.05) is 24.3 Å². The summed E-state index contributed by atoms with van der Waals surface area (Å²) >= 11 is 0. The SMILES string of the molecule is O=C1c2cccnc2CN1Cc1ccc(-c2ccc3cn[nH]c3c2)cc1F. The summed E-state index contributed by atoms with van der Waals surface area (Å²) in [5, 5.41) is 7.94. The first-order chi connectivity index (χ1) is 13.2. The van der Waals surface area contributed by atoms with Gasteiger partial charge < -0.3 is 4.90 Å². The van der Waals surface area contributed by atoms with E-state index >= 15 is 0 Å².